The van der Waals surface area contributed by atoms with Gasteiger partial charge in [-0.2, -0.15) is 0 Å². The highest BCUT2D eigenvalue weighted by Crippen LogP contribution is 2.19. The minimum atomic E-state index is -0.596. The topological polar surface area (TPSA) is 49.8 Å². The number of carbonyl (C=O) groups excluding carboxylic acids is 1. The summed E-state index contributed by atoms with van der Waals surface area (Å²) >= 11 is 5.93. The summed E-state index contributed by atoms with van der Waals surface area (Å²) < 4.78 is 17.7. The van der Waals surface area contributed by atoms with E-state index in [4.69, 9.17) is 16.3 Å². The van der Waals surface area contributed by atoms with Gasteiger partial charge in [0.2, 0.25) is 0 Å². The fraction of sp³-hybridized carbons (Fsp3) is 0.417. The number of phenols is 1. The van der Waals surface area contributed by atoms with Gasteiger partial charge in [0.25, 0.3) is 5.91 Å². The number of alkyl halides is 1. The lowest BCUT2D eigenvalue weighted by Crippen LogP contribution is -2.34. The molecule has 0 aliphatic heterocycles. The van der Waals surface area contributed by atoms with E-state index in [2.05, 4.69) is 0 Å². The first-order chi connectivity index (χ1) is 8.45. The zero-order valence-electron chi connectivity index (χ0n) is 10.2. The van der Waals surface area contributed by atoms with Crippen molar-refractivity contribution in [3.05, 3.63) is 29.6 Å². The molecule has 4 nitrogen and oxygen atoms in total. The van der Waals surface area contributed by atoms with Crippen molar-refractivity contribution in [1.82, 2.24) is 4.90 Å². The fourth-order valence-electron chi connectivity index (χ4n) is 1.50. The molecule has 18 heavy (non-hydrogen) atoms. The molecule has 1 amide bonds. The van der Waals surface area contributed by atoms with E-state index in [-0.39, 0.29) is 23.2 Å². The number of hydrogen-bond acceptors (Lipinski definition) is 3. The van der Waals surface area contributed by atoms with Gasteiger partial charge in [0.05, 0.1) is 17.5 Å². The SMILES string of the molecule is COCC(Cl)CN(C)C(=O)c1ccc(F)cc1O. The van der Waals surface area contributed by atoms with Crippen LogP contribution >= 0.6 is 11.6 Å². The third-order valence-corrected chi connectivity index (χ3v) is 2.62. The van der Waals surface area contributed by atoms with Gasteiger partial charge in [-0.05, 0) is 12.1 Å². The van der Waals surface area contributed by atoms with E-state index in [9.17, 15) is 14.3 Å². The third kappa shape index (κ3) is 3.85. The number of methoxy groups -OCH3 is 1. The Morgan fingerprint density at radius 1 is 1.61 bits per heavy atom. The standard InChI is InChI=1S/C12H15ClFNO3/c1-15(6-8(13)7-18-2)12(17)10-4-3-9(14)5-11(10)16/h3-5,8,16H,6-7H2,1-2H3. The number of ether oxygens (including phenoxy) is 1. The monoisotopic (exact) mass is 275 g/mol. The maximum absolute atomic E-state index is 12.8. The number of hydrogen-bond donors (Lipinski definition) is 1. The summed E-state index contributed by atoms with van der Waals surface area (Å²) in [4.78, 5) is 13.3. The molecule has 0 radical (unpaired) electrons. The molecule has 0 spiro atoms. The van der Waals surface area contributed by atoms with E-state index in [0.717, 1.165) is 12.1 Å². The first kappa shape index (κ1) is 14.7. The van der Waals surface area contributed by atoms with Gasteiger partial charge in [0, 0.05) is 26.8 Å². The number of aromatic hydroxyl groups is 1. The van der Waals surface area contributed by atoms with Crippen LogP contribution in [0, 0.1) is 5.82 Å². The lowest BCUT2D eigenvalue weighted by molar-refractivity contribution is 0.0778. The molecule has 0 fully saturated rings. The fourth-order valence-corrected chi connectivity index (χ4v) is 1.84. The molecule has 0 saturated heterocycles. The third-order valence-electron chi connectivity index (χ3n) is 2.36. The maximum Gasteiger partial charge on any atom is 0.257 e. The predicted molar refractivity (Wildman–Crippen MR) is 66.5 cm³/mol. The minimum Gasteiger partial charge on any atom is -0.507 e. The Kier molecular flexibility index (Phi) is 5.37. The van der Waals surface area contributed by atoms with Crippen LogP contribution in [-0.4, -0.2) is 48.6 Å². The van der Waals surface area contributed by atoms with Crippen LogP contribution < -0.4 is 0 Å². The summed E-state index contributed by atoms with van der Waals surface area (Å²) in [6, 6.07) is 3.26. The van der Waals surface area contributed by atoms with Gasteiger partial charge < -0.3 is 14.7 Å². The van der Waals surface area contributed by atoms with Gasteiger partial charge in [-0.1, -0.05) is 0 Å². The van der Waals surface area contributed by atoms with E-state index in [1.54, 1.807) is 7.05 Å². The van der Waals surface area contributed by atoms with Crippen LogP contribution in [0.3, 0.4) is 0 Å². The van der Waals surface area contributed by atoms with Crippen LogP contribution in [0.25, 0.3) is 0 Å². The van der Waals surface area contributed by atoms with Crippen molar-refractivity contribution in [2.24, 2.45) is 0 Å². The Labute approximate surface area is 110 Å². The molecule has 1 rings (SSSR count). The van der Waals surface area contributed by atoms with Crippen molar-refractivity contribution in [3.63, 3.8) is 0 Å². The second-order valence-electron chi connectivity index (χ2n) is 3.90. The van der Waals surface area contributed by atoms with Crippen molar-refractivity contribution in [2.45, 2.75) is 5.38 Å². The van der Waals surface area contributed by atoms with Crippen LogP contribution in [0.2, 0.25) is 0 Å². The number of amides is 1. The summed E-state index contributed by atoms with van der Waals surface area (Å²) in [5, 5.41) is 9.16. The normalized spacial score (nSPS) is 12.2. The highest BCUT2D eigenvalue weighted by molar-refractivity contribution is 6.21. The Morgan fingerprint density at radius 2 is 2.28 bits per heavy atom. The molecule has 100 valence electrons. The summed E-state index contributed by atoms with van der Waals surface area (Å²) in [5.41, 5.74) is 0.0418. The number of nitrogens with zero attached hydrogens (tertiary/aromatic N) is 1. The molecular formula is C12H15ClFNO3. The predicted octanol–water partition coefficient (Wildman–Crippen LogP) is 1.86. The van der Waals surface area contributed by atoms with Crippen molar-refractivity contribution in [1.29, 1.82) is 0 Å². The van der Waals surface area contributed by atoms with Gasteiger partial charge in [-0.25, -0.2) is 4.39 Å². The summed E-state index contributed by atoms with van der Waals surface area (Å²) in [5.74, 6) is -1.40. The molecule has 0 bridgehead atoms. The van der Waals surface area contributed by atoms with Crippen molar-refractivity contribution in [3.8, 4) is 5.75 Å². The molecule has 1 atom stereocenters. The summed E-state index contributed by atoms with van der Waals surface area (Å²) in [6.07, 6.45) is 0. The first-order valence-corrected chi connectivity index (χ1v) is 5.76. The number of halogens is 2. The smallest absolute Gasteiger partial charge is 0.257 e. The van der Waals surface area contributed by atoms with Crippen LogP contribution in [0.1, 0.15) is 10.4 Å². The summed E-state index contributed by atoms with van der Waals surface area (Å²) in [6.45, 7) is 0.583. The Bertz CT molecular complexity index is 428. The lowest BCUT2D eigenvalue weighted by atomic mass is 10.1. The zero-order chi connectivity index (χ0) is 13.7. The van der Waals surface area contributed by atoms with Gasteiger partial charge in [0.1, 0.15) is 11.6 Å². The van der Waals surface area contributed by atoms with Crippen molar-refractivity contribution in [2.75, 3.05) is 27.3 Å². The highest BCUT2D eigenvalue weighted by atomic mass is 35.5. The minimum absolute atomic E-state index is 0.0418. The van der Waals surface area contributed by atoms with Gasteiger partial charge in [-0.3, -0.25) is 4.79 Å². The van der Waals surface area contributed by atoms with E-state index >= 15 is 0 Å². The molecule has 0 aliphatic rings. The van der Waals surface area contributed by atoms with E-state index in [0.29, 0.717) is 6.61 Å². The Morgan fingerprint density at radius 3 is 2.83 bits per heavy atom. The van der Waals surface area contributed by atoms with Gasteiger partial charge >= 0.3 is 0 Å². The molecule has 0 saturated carbocycles. The molecule has 6 heteroatoms. The average Bonchev–Trinajstić information content (AvgIpc) is 2.28. The first-order valence-electron chi connectivity index (χ1n) is 5.32. The van der Waals surface area contributed by atoms with Gasteiger partial charge in [-0.15, -0.1) is 11.6 Å². The van der Waals surface area contributed by atoms with Crippen molar-refractivity contribution < 1.29 is 19.0 Å². The second-order valence-corrected chi connectivity index (χ2v) is 4.52. The lowest BCUT2D eigenvalue weighted by Gasteiger charge is -2.20. The largest absolute Gasteiger partial charge is 0.507 e. The molecular weight excluding hydrogens is 261 g/mol. The Hall–Kier alpha value is -1.33. The van der Waals surface area contributed by atoms with E-state index in [1.165, 1.54) is 18.1 Å². The Balaban J connectivity index is 2.74. The number of rotatable bonds is 5. The van der Waals surface area contributed by atoms with Crippen LogP contribution in [0.15, 0.2) is 18.2 Å². The van der Waals surface area contributed by atoms with E-state index < -0.39 is 11.7 Å². The number of carbonyl (C=O) groups is 1. The molecule has 0 heterocycles. The molecule has 1 N–H and O–H groups in total. The van der Waals surface area contributed by atoms with Crippen LogP contribution in [-0.2, 0) is 4.74 Å². The quantitative estimate of drug-likeness (QED) is 0.835. The maximum atomic E-state index is 12.8. The van der Waals surface area contributed by atoms with Crippen LogP contribution in [0.5, 0.6) is 5.75 Å². The van der Waals surface area contributed by atoms with Crippen LogP contribution in [0.4, 0.5) is 4.39 Å². The molecule has 0 aliphatic carbocycles. The molecule has 1 unspecified atom stereocenters. The molecule has 1 aromatic carbocycles. The molecule has 0 aromatic heterocycles. The zero-order valence-corrected chi connectivity index (χ0v) is 10.9. The number of phenolic OH excluding ortho intramolecular Hbond substituents is 1. The van der Waals surface area contributed by atoms with Gasteiger partial charge in [0.15, 0.2) is 0 Å². The second kappa shape index (κ2) is 6.56. The number of benzene rings is 1. The van der Waals surface area contributed by atoms with E-state index in [1.807, 2.05) is 0 Å². The average molecular weight is 276 g/mol. The van der Waals surface area contributed by atoms with Crippen molar-refractivity contribution >= 4 is 17.5 Å². The summed E-state index contributed by atoms with van der Waals surface area (Å²) in [7, 11) is 3.07. The molecule has 1 aromatic rings. The highest BCUT2D eigenvalue weighted by Gasteiger charge is 2.18.